The summed E-state index contributed by atoms with van der Waals surface area (Å²) in [5.41, 5.74) is 7.10. The maximum Gasteiger partial charge on any atom is 0.267 e. The van der Waals surface area contributed by atoms with E-state index in [1.807, 2.05) is 55.5 Å². The van der Waals surface area contributed by atoms with Crippen LogP contribution >= 0.6 is 23.1 Å². The number of aromatic nitrogens is 3. The number of methoxy groups -OCH3 is 1. The van der Waals surface area contributed by atoms with Crippen molar-refractivity contribution in [1.29, 1.82) is 0 Å². The number of nitrogens with one attached hydrogen (secondary N) is 1. The van der Waals surface area contributed by atoms with Crippen molar-refractivity contribution >= 4 is 40.0 Å². The Morgan fingerprint density at radius 2 is 1.95 bits per heavy atom. The van der Waals surface area contributed by atoms with Crippen LogP contribution in [-0.4, -0.2) is 33.1 Å². The lowest BCUT2D eigenvalue weighted by atomic mass is 9.83. The molecular weight excluding hydrogens is 506 g/mol. The van der Waals surface area contributed by atoms with E-state index in [9.17, 15) is 9.90 Å². The number of anilines is 2. The average molecular weight is 536 g/mol. The lowest BCUT2D eigenvalue weighted by molar-refractivity contribution is 0.0261. The highest BCUT2D eigenvalue weighted by Gasteiger charge is 2.32. The second-order valence-corrected chi connectivity index (χ2v) is 10.9. The Balaban J connectivity index is 1.60. The van der Waals surface area contributed by atoms with Gasteiger partial charge in [-0.1, -0.05) is 72.8 Å². The van der Waals surface area contributed by atoms with Crippen molar-refractivity contribution in [1.82, 2.24) is 15.0 Å². The molecular formula is C27H29N5O3S2. The van der Waals surface area contributed by atoms with Crippen LogP contribution in [0.2, 0.25) is 0 Å². The molecule has 3 heterocycles. The first-order valence-electron chi connectivity index (χ1n) is 11.8. The van der Waals surface area contributed by atoms with Crippen molar-refractivity contribution in [3.05, 3.63) is 89.5 Å². The zero-order valence-corrected chi connectivity index (χ0v) is 22.3. The summed E-state index contributed by atoms with van der Waals surface area (Å²) in [5.74, 6) is 0.0536. The van der Waals surface area contributed by atoms with Gasteiger partial charge in [-0.3, -0.25) is 9.78 Å². The quantitative estimate of drug-likeness (QED) is 0.223. The molecule has 3 aromatic heterocycles. The van der Waals surface area contributed by atoms with Gasteiger partial charge >= 0.3 is 0 Å². The standard InChI is InChI=1S/C27H29N5O3S2/c1-3-12-27(34,19-7-5-4-6-8-19)14-20-21(11-13-29-24(20)25(28)33)36-23-16-31-26(37-23)32-22-10-9-18(15-30-22)17-35-2/h4-11,13,15-16,34H,3,12,14,17H2,1-2H3,(H2,28,33)(H,30,31,32)/t27-/m1/s1. The molecule has 1 aromatic carbocycles. The largest absolute Gasteiger partial charge is 0.385 e. The fourth-order valence-electron chi connectivity index (χ4n) is 4.08. The molecule has 0 aliphatic rings. The number of rotatable bonds is 12. The number of ether oxygens (including phenoxy) is 1. The Labute approximate surface area is 224 Å². The van der Waals surface area contributed by atoms with Gasteiger partial charge in [0.25, 0.3) is 5.91 Å². The fraction of sp³-hybridized carbons (Fsp3) is 0.259. The minimum Gasteiger partial charge on any atom is -0.385 e. The van der Waals surface area contributed by atoms with Gasteiger partial charge in [-0.05, 0) is 29.7 Å². The van der Waals surface area contributed by atoms with Crippen LogP contribution in [0.15, 0.2) is 76.2 Å². The van der Waals surface area contributed by atoms with Gasteiger partial charge in [-0.25, -0.2) is 9.97 Å². The molecule has 8 nitrogen and oxygen atoms in total. The summed E-state index contributed by atoms with van der Waals surface area (Å²) < 4.78 is 6.03. The van der Waals surface area contributed by atoms with Gasteiger partial charge in [0.2, 0.25) is 0 Å². The van der Waals surface area contributed by atoms with Crippen LogP contribution in [0, 0.1) is 0 Å². The van der Waals surface area contributed by atoms with E-state index in [0.29, 0.717) is 29.5 Å². The molecule has 0 saturated carbocycles. The highest BCUT2D eigenvalue weighted by atomic mass is 32.2. The summed E-state index contributed by atoms with van der Waals surface area (Å²) in [7, 11) is 1.65. The molecule has 4 aromatic rings. The Morgan fingerprint density at radius 3 is 2.62 bits per heavy atom. The van der Waals surface area contributed by atoms with E-state index in [2.05, 4.69) is 20.3 Å². The van der Waals surface area contributed by atoms with Gasteiger partial charge in [-0.15, -0.1) is 0 Å². The van der Waals surface area contributed by atoms with Crippen LogP contribution in [0.25, 0.3) is 0 Å². The van der Waals surface area contributed by atoms with Crippen LogP contribution in [0.1, 0.15) is 46.9 Å². The van der Waals surface area contributed by atoms with Crippen molar-refractivity contribution in [2.24, 2.45) is 5.73 Å². The first kappa shape index (κ1) is 26.7. The highest BCUT2D eigenvalue weighted by Crippen LogP contribution is 2.40. The molecule has 1 amide bonds. The molecule has 10 heteroatoms. The maximum atomic E-state index is 12.3. The molecule has 0 spiro atoms. The third-order valence-electron chi connectivity index (χ3n) is 5.76. The summed E-state index contributed by atoms with van der Waals surface area (Å²) in [5, 5.41) is 15.6. The van der Waals surface area contributed by atoms with Gasteiger partial charge in [0.1, 0.15) is 11.5 Å². The van der Waals surface area contributed by atoms with Crippen molar-refractivity contribution in [2.45, 2.75) is 47.5 Å². The molecule has 0 radical (unpaired) electrons. The van der Waals surface area contributed by atoms with Crippen LogP contribution in [0.5, 0.6) is 0 Å². The number of benzene rings is 1. The minimum absolute atomic E-state index is 0.165. The van der Waals surface area contributed by atoms with Crippen LogP contribution in [0.3, 0.4) is 0 Å². The zero-order valence-electron chi connectivity index (χ0n) is 20.7. The first-order valence-corrected chi connectivity index (χ1v) is 13.5. The van der Waals surface area contributed by atoms with E-state index >= 15 is 0 Å². The number of thiazole rings is 1. The molecule has 0 bridgehead atoms. The summed E-state index contributed by atoms with van der Waals surface area (Å²) in [6.45, 7) is 2.53. The third-order valence-corrected chi connectivity index (χ3v) is 7.87. The number of nitrogens with two attached hydrogens (primary N) is 1. The van der Waals surface area contributed by atoms with E-state index in [-0.39, 0.29) is 12.1 Å². The number of carbonyl (C=O) groups is 1. The topological polar surface area (TPSA) is 123 Å². The van der Waals surface area contributed by atoms with Crippen LogP contribution in [0.4, 0.5) is 10.9 Å². The lowest BCUT2D eigenvalue weighted by Gasteiger charge is -2.30. The predicted octanol–water partition coefficient (Wildman–Crippen LogP) is 5.30. The Morgan fingerprint density at radius 1 is 1.14 bits per heavy atom. The number of pyridine rings is 2. The fourth-order valence-corrected chi connectivity index (χ4v) is 6.05. The third kappa shape index (κ3) is 6.72. The van der Waals surface area contributed by atoms with E-state index in [1.54, 1.807) is 25.7 Å². The van der Waals surface area contributed by atoms with Gasteiger partial charge in [0, 0.05) is 36.4 Å². The molecule has 1 atom stereocenters. The molecule has 0 saturated heterocycles. The minimum atomic E-state index is -1.17. The van der Waals surface area contributed by atoms with Crippen molar-refractivity contribution in [3.8, 4) is 0 Å². The molecule has 0 aliphatic heterocycles. The monoisotopic (exact) mass is 535 g/mol. The SMILES string of the molecule is CCC[C@@](O)(Cc1c(Sc2cnc(Nc3ccc(COC)cn3)s2)ccnc1C(N)=O)c1ccccc1. The van der Waals surface area contributed by atoms with Gasteiger partial charge in [-0.2, -0.15) is 0 Å². The lowest BCUT2D eigenvalue weighted by Crippen LogP contribution is -2.30. The van der Waals surface area contributed by atoms with Crippen molar-refractivity contribution in [2.75, 3.05) is 12.4 Å². The Bertz CT molecular complexity index is 1330. The van der Waals surface area contributed by atoms with E-state index in [4.69, 9.17) is 10.5 Å². The Kier molecular flexibility index (Phi) is 8.88. The maximum absolute atomic E-state index is 12.3. The summed E-state index contributed by atoms with van der Waals surface area (Å²) in [6.07, 6.45) is 6.60. The summed E-state index contributed by atoms with van der Waals surface area (Å²) in [4.78, 5) is 26.2. The van der Waals surface area contributed by atoms with E-state index in [0.717, 1.165) is 26.7 Å². The second-order valence-electron chi connectivity index (χ2n) is 8.52. The molecule has 4 N–H and O–H groups in total. The molecule has 0 aliphatic carbocycles. The van der Waals surface area contributed by atoms with E-state index < -0.39 is 11.5 Å². The Hall–Kier alpha value is -3.31. The molecule has 4 rings (SSSR count). The molecule has 0 fully saturated rings. The smallest absolute Gasteiger partial charge is 0.267 e. The second kappa shape index (κ2) is 12.3. The number of carbonyl (C=O) groups excluding carboxylic acids is 1. The average Bonchev–Trinajstić information content (AvgIpc) is 3.33. The number of amides is 1. The van der Waals surface area contributed by atoms with E-state index in [1.165, 1.54) is 23.1 Å². The van der Waals surface area contributed by atoms with Crippen LogP contribution < -0.4 is 11.1 Å². The van der Waals surface area contributed by atoms with Crippen molar-refractivity contribution in [3.63, 3.8) is 0 Å². The highest BCUT2D eigenvalue weighted by molar-refractivity contribution is 8.01. The number of hydrogen-bond acceptors (Lipinski definition) is 9. The first-order chi connectivity index (χ1) is 17.9. The molecule has 192 valence electrons. The number of nitrogens with zero attached hydrogens (tertiary/aromatic N) is 3. The summed E-state index contributed by atoms with van der Waals surface area (Å²) in [6, 6.07) is 15.2. The predicted molar refractivity (Wildman–Crippen MR) is 146 cm³/mol. The van der Waals surface area contributed by atoms with Gasteiger partial charge in [0.15, 0.2) is 5.13 Å². The van der Waals surface area contributed by atoms with Gasteiger partial charge in [0.05, 0.1) is 22.6 Å². The number of aliphatic hydroxyl groups is 1. The van der Waals surface area contributed by atoms with Gasteiger partial charge < -0.3 is 20.9 Å². The van der Waals surface area contributed by atoms with Crippen LogP contribution in [-0.2, 0) is 23.4 Å². The summed E-state index contributed by atoms with van der Waals surface area (Å²) >= 11 is 2.92. The number of primary amides is 1. The van der Waals surface area contributed by atoms with Crippen molar-refractivity contribution < 1.29 is 14.6 Å². The number of hydrogen-bond donors (Lipinski definition) is 3. The normalized spacial score (nSPS) is 12.7. The molecule has 0 unspecified atom stereocenters. The molecule has 37 heavy (non-hydrogen) atoms. The zero-order chi connectivity index (χ0) is 26.3.